The summed E-state index contributed by atoms with van der Waals surface area (Å²) in [5, 5.41) is 22.9. The van der Waals surface area contributed by atoms with Crippen LogP contribution in [0.3, 0.4) is 0 Å². The molecule has 0 spiro atoms. The smallest absolute Gasteiger partial charge is 0.309 e. The van der Waals surface area contributed by atoms with Crippen molar-refractivity contribution in [3.8, 4) is 11.3 Å². The molecule has 3 N–H and O–H groups in total. The fraction of sp³-hybridized carbons (Fsp3) is 0.355. The Morgan fingerprint density at radius 1 is 1.20 bits per heavy atom. The van der Waals surface area contributed by atoms with Gasteiger partial charge in [0.25, 0.3) is 0 Å². The summed E-state index contributed by atoms with van der Waals surface area (Å²) in [6.45, 7) is 4.99. The molecule has 0 bridgehead atoms. The Kier molecular flexibility index (Phi) is 8.00. The molecule has 40 heavy (non-hydrogen) atoms. The number of aliphatic hydroxyl groups is 1. The summed E-state index contributed by atoms with van der Waals surface area (Å²) in [7, 11) is 0. The number of aromatic nitrogens is 3. The van der Waals surface area contributed by atoms with E-state index in [4.69, 9.17) is 9.72 Å². The van der Waals surface area contributed by atoms with Gasteiger partial charge in [0.2, 0.25) is 0 Å². The molecule has 2 aromatic heterocycles. The van der Waals surface area contributed by atoms with Gasteiger partial charge in [0.05, 0.1) is 41.9 Å². The van der Waals surface area contributed by atoms with Gasteiger partial charge in [-0.05, 0) is 69.4 Å². The summed E-state index contributed by atoms with van der Waals surface area (Å²) in [5.41, 5.74) is 2.63. The number of carbonyl (C=O) groups is 1. The van der Waals surface area contributed by atoms with Crippen molar-refractivity contribution in [3.05, 3.63) is 84.2 Å². The first-order valence-corrected chi connectivity index (χ1v) is 13.6. The third kappa shape index (κ3) is 6.59. The van der Waals surface area contributed by atoms with E-state index in [1.165, 1.54) is 0 Å². The van der Waals surface area contributed by atoms with Crippen molar-refractivity contribution in [2.45, 2.75) is 52.1 Å². The van der Waals surface area contributed by atoms with Crippen LogP contribution in [0.25, 0.3) is 11.3 Å². The number of nitrogens with one attached hydrogen (secondary N) is 1. The molecule has 1 saturated heterocycles. The largest absolute Gasteiger partial charge is 0.508 e. The maximum absolute atomic E-state index is 11.5. The van der Waals surface area contributed by atoms with Crippen molar-refractivity contribution < 1.29 is 19.7 Å². The van der Waals surface area contributed by atoms with Crippen LogP contribution in [-0.4, -0.2) is 50.3 Å². The van der Waals surface area contributed by atoms with Crippen LogP contribution in [-0.2, 0) is 16.0 Å². The lowest BCUT2D eigenvalue weighted by Crippen LogP contribution is -2.40. The minimum Gasteiger partial charge on any atom is -0.508 e. The van der Waals surface area contributed by atoms with Crippen molar-refractivity contribution in [3.63, 3.8) is 0 Å². The molecule has 1 aliphatic carbocycles. The number of anilines is 3. The van der Waals surface area contributed by atoms with Crippen LogP contribution in [0.5, 0.6) is 0 Å². The topological polar surface area (TPSA) is 121 Å². The van der Waals surface area contributed by atoms with Gasteiger partial charge in [0, 0.05) is 18.5 Å². The van der Waals surface area contributed by atoms with E-state index in [0.29, 0.717) is 36.7 Å². The van der Waals surface area contributed by atoms with Gasteiger partial charge in [-0.2, -0.15) is 0 Å². The highest BCUT2D eigenvalue weighted by molar-refractivity contribution is 5.74. The van der Waals surface area contributed by atoms with Crippen LogP contribution in [0.15, 0.2) is 78.7 Å². The van der Waals surface area contributed by atoms with Crippen molar-refractivity contribution in [2.24, 2.45) is 5.41 Å². The molecular weight excluding hydrogens is 506 g/mol. The van der Waals surface area contributed by atoms with Crippen molar-refractivity contribution in [1.82, 2.24) is 15.0 Å². The highest BCUT2D eigenvalue weighted by atomic mass is 16.5. The number of nitrogens with zero attached hydrogens (tertiary/aromatic N) is 4. The standard InChI is InChI=1S/C31H35N5O4/c1-31(2,30(38)39)16-21-7-5-8-22(15-21)25-13-12-23(17-33-25)34-28-18-32-19-29(35-28)36-14-6-9-24(20-36)40-27-11-4-3-10-26(27)37/h4-5,7-8,11-13,15,17-19,24,37H,3,6,9-10,14,16,20H2,1-2H3,(H,34,35)(H,38,39). The number of piperidine rings is 1. The number of hydrogen-bond acceptors (Lipinski definition) is 8. The fourth-order valence-corrected chi connectivity index (χ4v) is 4.94. The van der Waals surface area contributed by atoms with E-state index in [1.54, 1.807) is 32.4 Å². The SMILES string of the molecule is CC(C)(Cc1cccc(-c2ccc(Nc3cncc(N4CCCC(OC5=C(O)CCC=C5)C4)n3)cn2)c1)C(=O)O. The van der Waals surface area contributed by atoms with Crippen LogP contribution in [0.4, 0.5) is 17.3 Å². The van der Waals surface area contributed by atoms with E-state index in [0.717, 1.165) is 54.1 Å². The van der Waals surface area contributed by atoms with Crippen molar-refractivity contribution in [1.29, 1.82) is 0 Å². The predicted octanol–water partition coefficient (Wildman–Crippen LogP) is 6.04. The molecule has 1 atom stereocenters. The highest BCUT2D eigenvalue weighted by Crippen LogP contribution is 2.28. The van der Waals surface area contributed by atoms with E-state index < -0.39 is 11.4 Å². The minimum absolute atomic E-state index is 0.0301. The van der Waals surface area contributed by atoms with E-state index in [1.807, 2.05) is 48.6 Å². The molecule has 9 heteroatoms. The number of hydrogen-bond donors (Lipinski definition) is 3. The molecule has 0 saturated carbocycles. The summed E-state index contributed by atoms with van der Waals surface area (Å²) in [5.74, 6) is 1.46. The second-order valence-corrected chi connectivity index (χ2v) is 11.0. The number of carboxylic acids is 1. The molecule has 1 aromatic carbocycles. The second kappa shape index (κ2) is 11.8. The number of ether oxygens (including phenoxy) is 1. The second-order valence-electron chi connectivity index (χ2n) is 11.0. The molecule has 208 valence electrons. The summed E-state index contributed by atoms with van der Waals surface area (Å²) >= 11 is 0. The summed E-state index contributed by atoms with van der Waals surface area (Å²) < 4.78 is 6.11. The number of aliphatic hydroxyl groups excluding tert-OH is 1. The van der Waals surface area contributed by atoms with Gasteiger partial charge in [0.15, 0.2) is 11.6 Å². The van der Waals surface area contributed by atoms with Crippen molar-refractivity contribution >= 4 is 23.3 Å². The fourth-order valence-electron chi connectivity index (χ4n) is 4.94. The van der Waals surface area contributed by atoms with E-state index >= 15 is 0 Å². The molecule has 1 fully saturated rings. The molecule has 1 unspecified atom stereocenters. The van der Waals surface area contributed by atoms with Crippen LogP contribution in [0.1, 0.15) is 45.1 Å². The average Bonchev–Trinajstić information content (AvgIpc) is 2.95. The lowest BCUT2D eigenvalue weighted by atomic mass is 9.85. The number of benzene rings is 1. The predicted molar refractivity (Wildman–Crippen MR) is 154 cm³/mol. The van der Waals surface area contributed by atoms with Gasteiger partial charge < -0.3 is 25.2 Å². The van der Waals surface area contributed by atoms with Gasteiger partial charge in [-0.25, -0.2) is 4.98 Å². The molecule has 2 aliphatic rings. The first-order chi connectivity index (χ1) is 19.3. The third-order valence-corrected chi connectivity index (χ3v) is 7.20. The van der Waals surface area contributed by atoms with Crippen molar-refractivity contribution in [2.75, 3.05) is 23.3 Å². The lowest BCUT2D eigenvalue weighted by molar-refractivity contribution is -0.146. The quantitative estimate of drug-likeness (QED) is 0.298. The van der Waals surface area contributed by atoms with Gasteiger partial charge >= 0.3 is 5.97 Å². The first-order valence-electron chi connectivity index (χ1n) is 13.6. The summed E-state index contributed by atoms with van der Waals surface area (Å²) in [4.78, 5) is 27.5. The Bertz CT molecular complexity index is 1420. The van der Waals surface area contributed by atoms with Gasteiger partial charge in [-0.3, -0.25) is 14.8 Å². The first kappa shape index (κ1) is 27.2. The Hall–Kier alpha value is -4.40. The lowest BCUT2D eigenvalue weighted by Gasteiger charge is -2.34. The summed E-state index contributed by atoms with van der Waals surface area (Å²) in [6.07, 6.45) is 12.8. The third-order valence-electron chi connectivity index (χ3n) is 7.20. The Labute approximate surface area is 234 Å². The van der Waals surface area contributed by atoms with Gasteiger partial charge in [-0.1, -0.05) is 24.3 Å². The zero-order valence-corrected chi connectivity index (χ0v) is 22.9. The zero-order valence-electron chi connectivity index (χ0n) is 22.9. The number of carboxylic acid groups (broad SMARTS) is 1. The maximum Gasteiger partial charge on any atom is 0.309 e. The molecular formula is C31H35N5O4. The Morgan fingerprint density at radius 3 is 2.85 bits per heavy atom. The molecule has 3 heterocycles. The number of allylic oxidation sites excluding steroid dienone is 3. The van der Waals surface area contributed by atoms with Crippen LogP contribution < -0.4 is 10.2 Å². The van der Waals surface area contributed by atoms with Crippen LogP contribution >= 0.6 is 0 Å². The van der Waals surface area contributed by atoms with Gasteiger partial charge in [-0.15, -0.1) is 0 Å². The molecule has 9 nitrogen and oxygen atoms in total. The molecule has 0 radical (unpaired) electrons. The zero-order chi connectivity index (χ0) is 28.1. The van der Waals surface area contributed by atoms with E-state index in [2.05, 4.69) is 20.2 Å². The normalized spacial score (nSPS) is 17.6. The maximum atomic E-state index is 11.5. The Morgan fingerprint density at radius 2 is 2.08 bits per heavy atom. The molecule has 5 rings (SSSR count). The Balaban J connectivity index is 1.23. The number of rotatable bonds is 9. The van der Waals surface area contributed by atoms with E-state index in [-0.39, 0.29) is 6.10 Å². The molecule has 1 aliphatic heterocycles. The van der Waals surface area contributed by atoms with Crippen LogP contribution in [0, 0.1) is 5.41 Å². The summed E-state index contributed by atoms with van der Waals surface area (Å²) in [6, 6.07) is 11.7. The van der Waals surface area contributed by atoms with E-state index in [9.17, 15) is 15.0 Å². The average molecular weight is 542 g/mol. The number of pyridine rings is 1. The molecule has 3 aromatic rings. The monoisotopic (exact) mass is 541 g/mol. The van der Waals surface area contributed by atoms with Gasteiger partial charge in [0.1, 0.15) is 17.7 Å². The highest BCUT2D eigenvalue weighted by Gasteiger charge is 2.27. The minimum atomic E-state index is -0.842. The van der Waals surface area contributed by atoms with Crippen LogP contribution in [0.2, 0.25) is 0 Å². The molecule has 0 amide bonds. The number of aliphatic carboxylic acids is 1.